The maximum atomic E-state index is 12.8. The van der Waals surface area contributed by atoms with E-state index in [2.05, 4.69) is 4.98 Å². The van der Waals surface area contributed by atoms with Crippen LogP contribution in [0.4, 0.5) is 0 Å². The third-order valence-corrected chi connectivity index (χ3v) is 6.17. The molecule has 5 nitrogen and oxygen atoms in total. The van der Waals surface area contributed by atoms with Gasteiger partial charge in [0.25, 0.3) is 0 Å². The molecule has 2 aromatic rings. The van der Waals surface area contributed by atoms with Crippen molar-refractivity contribution in [1.82, 2.24) is 9.29 Å². The zero-order valence-electron chi connectivity index (χ0n) is 12.1. The van der Waals surface area contributed by atoms with Crippen LogP contribution in [0.1, 0.15) is 12.8 Å². The molecule has 1 fully saturated rings. The molecular formula is C15H17ClN2O3S. The van der Waals surface area contributed by atoms with Gasteiger partial charge in [-0.15, -0.1) is 0 Å². The van der Waals surface area contributed by atoms with Gasteiger partial charge in [0.1, 0.15) is 0 Å². The predicted octanol–water partition coefficient (Wildman–Crippen LogP) is 2.28. The van der Waals surface area contributed by atoms with Crippen LogP contribution in [0.5, 0.6) is 0 Å². The number of nitrogens with zero attached hydrogens (tertiary/aromatic N) is 2. The molecule has 1 aliphatic rings. The van der Waals surface area contributed by atoms with Crippen molar-refractivity contribution in [3.63, 3.8) is 0 Å². The molecule has 0 unspecified atom stereocenters. The van der Waals surface area contributed by atoms with Crippen LogP contribution in [0, 0.1) is 5.92 Å². The number of aromatic nitrogens is 1. The average Bonchev–Trinajstić information content (AvgIpc) is 3.32. The number of fused-ring (bicyclic) bond motifs is 1. The first-order chi connectivity index (χ1) is 10.4. The van der Waals surface area contributed by atoms with E-state index in [1.807, 2.05) is 0 Å². The van der Waals surface area contributed by atoms with Crippen LogP contribution in [0.3, 0.4) is 0 Å². The Labute approximate surface area is 134 Å². The zero-order valence-corrected chi connectivity index (χ0v) is 13.7. The lowest BCUT2D eigenvalue weighted by molar-refractivity contribution is 0.131. The molecule has 118 valence electrons. The molecule has 1 N–H and O–H groups in total. The minimum Gasteiger partial charge on any atom is -0.391 e. The van der Waals surface area contributed by atoms with Crippen LogP contribution in [-0.4, -0.2) is 42.5 Å². The fraction of sp³-hybridized carbons (Fsp3) is 0.400. The fourth-order valence-corrected chi connectivity index (χ4v) is 4.08. The van der Waals surface area contributed by atoms with Crippen LogP contribution in [0.15, 0.2) is 35.4 Å². The van der Waals surface area contributed by atoms with Gasteiger partial charge in [0.05, 0.1) is 21.5 Å². The summed E-state index contributed by atoms with van der Waals surface area (Å²) in [6.07, 6.45) is 2.88. The van der Waals surface area contributed by atoms with Crippen molar-refractivity contribution in [2.24, 2.45) is 5.92 Å². The standard InChI is InChI=1S/C15H17ClN2O3S/c1-18(9-13(19)10-4-5-10)22(20,21)14-7-6-12(16)15-11(14)3-2-8-17-15/h2-3,6-8,10,13,19H,4-5,9H2,1H3/t13-/m1/s1. The van der Waals surface area contributed by atoms with Crippen molar-refractivity contribution in [2.45, 2.75) is 23.8 Å². The lowest BCUT2D eigenvalue weighted by Crippen LogP contribution is -2.35. The van der Waals surface area contributed by atoms with Crippen molar-refractivity contribution in [3.8, 4) is 0 Å². The Morgan fingerprint density at radius 1 is 1.41 bits per heavy atom. The van der Waals surface area contributed by atoms with E-state index < -0.39 is 16.1 Å². The zero-order chi connectivity index (χ0) is 15.9. The Balaban J connectivity index is 2.00. The summed E-state index contributed by atoms with van der Waals surface area (Å²) in [6.45, 7) is 0.0946. The molecule has 1 aromatic heterocycles. The Bertz CT molecular complexity index is 806. The molecule has 0 radical (unpaired) electrons. The number of aliphatic hydroxyl groups is 1. The van der Waals surface area contributed by atoms with Gasteiger partial charge < -0.3 is 5.11 Å². The molecule has 1 saturated carbocycles. The summed E-state index contributed by atoms with van der Waals surface area (Å²) in [4.78, 5) is 4.31. The van der Waals surface area contributed by atoms with Crippen molar-refractivity contribution < 1.29 is 13.5 Å². The Kier molecular flexibility index (Phi) is 4.11. The largest absolute Gasteiger partial charge is 0.391 e. The Morgan fingerprint density at radius 2 is 2.14 bits per heavy atom. The van der Waals surface area contributed by atoms with Crippen molar-refractivity contribution in [2.75, 3.05) is 13.6 Å². The SMILES string of the molecule is CN(C[C@@H](O)C1CC1)S(=O)(=O)c1ccc(Cl)c2ncccc12. The van der Waals surface area contributed by atoms with E-state index in [9.17, 15) is 13.5 Å². The van der Waals surface area contributed by atoms with Crippen molar-refractivity contribution in [3.05, 3.63) is 35.5 Å². The second-order valence-electron chi connectivity index (χ2n) is 5.64. The van der Waals surface area contributed by atoms with Gasteiger partial charge >= 0.3 is 0 Å². The number of likely N-dealkylation sites (N-methyl/N-ethyl adjacent to an activating group) is 1. The molecule has 22 heavy (non-hydrogen) atoms. The monoisotopic (exact) mass is 340 g/mol. The summed E-state index contributed by atoms with van der Waals surface area (Å²) >= 11 is 6.08. The minimum atomic E-state index is -3.71. The highest BCUT2D eigenvalue weighted by atomic mass is 35.5. The normalized spacial score (nSPS) is 17.1. The molecule has 0 spiro atoms. The van der Waals surface area contributed by atoms with Gasteiger partial charge in [-0.3, -0.25) is 4.98 Å². The topological polar surface area (TPSA) is 70.5 Å². The highest BCUT2D eigenvalue weighted by molar-refractivity contribution is 7.89. The number of sulfonamides is 1. The van der Waals surface area contributed by atoms with E-state index in [0.29, 0.717) is 15.9 Å². The third-order valence-electron chi connectivity index (χ3n) is 3.98. The van der Waals surface area contributed by atoms with E-state index in [4.69, 9.17) is 11.6 Å². The highest BCUT2D eigenvalue weighted by Gasteiger charge is 2.33. The van der Waals surface area contributed by atoms with Gasteiger partial charge in [0, 0.05) is 25.2 Å². The van der Waals surface area contributed by atoms with Crippen LogP contribution in [0.25, 0.3) is 10.9 Å². The third kappa shape index (κ3) is 2.84. The molecule has 0 bridgehead atoms. The maximum absolute atomic E-state index is 12.8. The van der Waals surface area contributed by atoms with E-state index in [0.717, 1.165) is 12.8 Å². The van der Waals surface area contributed by atoms with E-state index >= 15 is 0 Å². The quantitative estimate of drug-likeness (QED) is 0.906. The van der Waals surface area contributed by atoms with Gasteiger partial charge in [-0.2, -0.15) is 4.31 Å². The molecular weight excluding hydrogens is 324 g/mol. The minimum absolute atomic E-state index is 0.0946. The molecule has 3 rings (SSSR count). The van der Waals surface area contributed by atoms with Gasteiger partial charge in [0.2, 0.25) is 10.0 Å². The average molecular weight is 341 g/mol. The summed E-state index contributed by atoms with van der Waals surface area (Å²) < 4.78 is 26.8. The highest BCUT2D eigenvalue weighted by Crippen LogP contribution is 2.34. The lowest BCUT2D eigenvalue weighted by Gasteiger charge is -2.21. The molecule has 0 amide bonds. The van der Waals surface area contributed by atoms with Gasteiger partial charge in [-0.05, 0) is 43.0 Å². The Morgan fingerprint density at radius 3 is 2.82 bits per heavy atom. The van der Waals surface area contributed by atoms with Crippen molar-refractivity contribution >= 4 is 32.5 Å². The summed E-state index contributed by atoms with van der Waals surface area (Å²) in [6, 6.07) is 6.39. The number of aliphatic hydroxyl groups excluding tert-OH is 1. The second kappa shape index (κ2) is 5.77. The predicted molar refractivity (Wildman–Crippen MR) is 85.3 cm³/mol. The smallest absolute Gasteiger partial charge is 0.243 e. The molecule has 7 heteroatoms. The summed E-state index contributed by atoms with van der Waals surface area (Å²) in [7, 11) is -2.22. The number of rotatable bonds is 5. The first-order valence-corrected chi connectivity index (χ1v) is 8.90. The van der Waals surface area contributed by atoms with Crippen LogP contribution in [0.2, 0.25) is 5.02 Å². The number of pyridine rings is 1. The Hall–Kier alpha value is -1.21. The number of benzene rings is 1. The van der Waals surface area contributed by atoms with Crippen LogP contribution in [-0.2, 0) is 10.0 Å². The number of hydrogen-bond donors (Lipinski definition) is 1. The van der Waals surface area contributed by atoms with Crippen LogP contribution >= 0.6 is 11.6 Å². The molecule has 1 heterocycles. The van der Waals surface area contributed by atoms with E-state index in [-0.39, 0.29) is 17.4 Å². The first kappa shape index (κ1) is 15.7. The van der Waals surface area contributed by atoms with Crippen molar-refractivity contribution in [1.29, 1.82) is 0 Å². The molecule has 1 aliphatic carbocycles. The lowest BCUT2D eigenvalue weighted by atomic mass is 10.2. The molecule has 0 aliphatic heterocycles. The summed E-state index contributed by atoms with van der Waals surface area (Å²) in [5.41, 5.74) is 0.460. The summed E-state index contributed by atoms with van der Waals surface area (Å²) in [5.74, 6) is 0.223. The van der Waals surface area contributed by atoms with Gasteiger partial charge in [-0.25, -0.2) is 8.42 Å². The first-order valence-electron chi connectivity index (χ1n) is 7.09. The van der Waals surface area contributed by atoms with E-state index in [1.54, 1.807) is 18.3 Å². The molecule has 1 aromatic carbocycles. The van der Waals surface area contributed by atoms with Crippen LogP contribution < -0.4 is 0 Å². The summed E-state index contributed by atoms with van der Waals surface area (Å²) in [5, 5.41) is 10.9. The number of hydrogen-bond acceptors (Lipinski definition) is 4. The maximum Gasteiger partial charge on any atom is 0.243 e. The number of halogens is 1. The molecule has 1 atom stereocenters. The second-order valence-corrected chi connectivity index (χ2v) is 8.06. The fourth-order valence-electron chi connectivity index (χ4n) is 2.50. The van der Waals surface area contributed by atoms with Gasteiger partial charge in [0.15, 0.2) is 0 Å². The van der Waals surface area contributed by atoms with E-state index in [1.165, 1.54) is 23.5 Å². The molecule has 0 saturated heterocycles. The van der Waals surface area contributed by atoms with Gasteiger partial charge in [-0.1, -0.05) is 11.6 Å².